The number of carbonyl (C=O) groups is 1. The molecule has 2 N–H and O–H groups in total. The van der Waals surface area contributed by atoms with Crippen LogP contribution >= 0.6 is 0 Å². The first-order chi connectivity index (χ1) is 8.90. The highest BCUT2D eigenvalue weighted by Crippen LogP contribution is 2.15. The smallest absolute Gasteiger partial charge is 0.317 e. The molecule has 1 aliphatic rings. The highest BCUT2D eigenvalue weighted by molar-refractivity contribution is 5.69. The summed E-state index contributed by atoms with van der Waals surface area (Å²) in [6, 6.07) is -0.0953. The lowest BCUT2D eigenvalue weighted by molar-refractivity contribution is -0.138. The molecular weight excluding hydrogens is 248 g/mol. The maximum Gasteiger partial charge on any atom is 0.317 e. The number of likely N-dealkylation sites (N-methyl/N-ethyl adjacent to an activating group) is 1. The number of hydrogen-bond acceptors (Lipinski definition) is 5. The van der Waals surface area contributed by atoms with Crippen LogP contribution in [0.1, 0.15) is 20.3 Å². The molecule has 0 aromatic rings. The Hall–Kier alpha value is -0.690. The largest absolute Gasteiger partial charge is 0.480 e. The summed E-state index contributed by atoms with van der Waals surface area (Å²) in [5, 5.41) is 18.7. The fourth-order valence-corrected chi connectivity index (χ4v) is 2.40. The van der Waals surface area contributed by atoms with Gasteiger partial charge in [0.2, 0.25) is 0 Å². The number of carboxylic acid groups (broad SMARTS) is 1. The van der Waals surface area contributed by atoms with Crippen LogP contribution in [0.4, 0.5) is 0 Å². The summed E-state index contributed by atoms with van der Waals surface area (Å²) in [6.45, 7) is 6.91. The van der Waals surface area contributed by atoms with E-state index in [2.05, 4.69) is 4.90 Å². The molecule has 0 aromatic heterocycles. The van der Waals surface area contributed by atoms with Gasteiger partial charge in [-0.1, -0.05) is 0 Å². The minimum atomic E-state index is -0.863. The lowest BCUT2D eigenvalue weighted by Gasteiger charge is -2.24. The molecule has 0 radical (unpaired) electrons. The second-order valence-corrected chi connectivity index (χ2v) is 5.48. The van der Waals surface area contributed by atoms with Crippen molar-refractivity contribution in [3.8, 4) is 0 Å². The zero-order chi connectivity index (χ0) is 14.4. The van der Waals surface area contributed by atoms with Crippen LogP contribution in [0.15, 0.2) is 0 Å². The van der Waals surface area contributed by atoms with Crippen LogP contribution < -0.4 is 0 Å². The predicted molar refractivity (Wildman–Crippen MR) is 72.2 cm³/mol. The molecule has 6 nitrogen and oxygen atoms in total. The van der Waals surface area contributed by atoms with Crippen LogP contribution in [0.3, 0.4) is 0 Å². The first-order valence-corrected chi connectivity index (χ1v) is 6.84. The fourth-order valence-electron chi connectivity index (χ4n) is 2.40. The highest BCUT2D eigenvalue weighted by Gasteiger charge is 2.34. The summed E-state index contributed by atoms with van der Waals surface area (Å²) in [5.74, 6) is -0.863. The Labute approximate surface area is 114 Å². The second kappa shape index (κ2) is 7.79. The molecule has 1 aliphatic heterocycles. The number of carboxylic acids is 1. The van der Waals surface area contributed by atoms with Crippen molar-refractivity contribution in [1.82, 2.24) is 9.80 Å². The van der Waals surface area contributed by atoms with Crippen LogP contribution in [0, 0.1) is 0 Å². The molecule has 0 aliphatic carbocycles. The highest BCUT2D eigenvalue weighted by atomic mass is 16.5. The topological polar surface area (TPSA) is 73.2 Å². The van der Waals surface area contributed by atoms with E-state index in [1.165, 1.54) is 0 Å². The van der Waals surface area contributed by atoms with Crippen molar-refractivity contribution in [3.63, 3.8) is 0 Å². The number of aliphatic hydroxyl groups is 1. The van der Waals surface area contributed by atoms with Crippen molar-refractivity contribution in [2.24, 2.45) is 0 Å². The van der Waals surface area contributed by atoms with Crippen molar-refractivity contribution in [2.45, 2.75) is 38.5 Å². The lowest BCUT2D eigenvalue weighted by Crippen LogP contribution is -2.43. The third kappa shape index (κ3) is 5.86. The van der Waals surface area contributed by atoms with Crippen molar-refractivity contribution >= 4 is 5.97 Å². The predicted octanol–water partition coefficient (Wildman–Crippen LogP) is -0.137. The molecule has 1 unspecified atom stereocenters. The molecule has 6 heteroatoms. The molecule has 1 rings (SSSR count). The summed E-state index contributed by atoms with van der Waals surface area (Å²) in [4.78, 5) is 14.5. The van der Waals surface area contributed by atoms with Crippen LogP contribution in [0.25, 0.3) is 0 Å². The average Bonchev–Trinajstić information content (AvgIpc) is 2.65. The molecule has 1 fully saturated rings. The van der Waals surface area contributed by atoms with Gasteiger partial charge in [0.25, 0.3) is 0 Å². The number of β-amino-alcohol motifs (C(OH)–C–C–N with tert-alkyl or cyclic N) is 1. The molecule has 2 atom stereocenters. The van der Waals surface area contributed by atoms with Crippen molar-refractivity contribution in [1.29, 1.82) is 0 Å². The van der Waals surface area contributed by atoms with E-state index in [1.807, 2.05) is 13.8 Å². The minimum absolute atomic E-state index is 0.0357. The second-order valence-electron chi connectivity index (χ2n) is 5.48. The Bertz CT molecular complexity index is 286. The molecule has 1 saturated heterocycles. The van der Waals surface area contributed by atoms with Gasteiger partial charge in [0.05, 0.1) is 18.8 Å². The molecule has 0 amide bonds. The monoisotopic (exact) mass is 274 g/mol. The number of likely N-dealkylation sites (tertiary alicyclic amines) is 1. The fraction of sp³-hybridized carbons (Fsp3) is 0.923. The lowest BCUT2D eigenvalue weighted by atomic mass is 10.2. The van der Waals surface area contributed by atoms with Gasteiger partial charge in [0, 0.05) is 32.3 Å². The van der Waals surface area contributed by atoms with Crippen molar-refractivity contribution in [3.05, 3.63) is 0 Å². The van der Waals surface area contributed by atoms with Gasteiger partial charge < -0.3 is 14.9 Å². The van der Waals surface area contributed by atoms with E-state index >= 15 is 0 Å². The van der Waals surface area contributed by atoms with Crippen LogP contribution in [-0.2, 0) is 9.53 Å². The number of hydrogen-bond donors (Lipinski definition) is 2. The van der Waals surface area contributed by atoms with Crippen LogP contribution in [0.2, 0.25) is 0 Å². The molecular formula is C13H26N2O4. The molecule has 0 spiro atoms. The molecule has 0 bridgehead atoms. The first kappa shape index (κ1) is 16.4. The number of rotatable bonds is 8. The number of nitrogens with zero attached hydrogens (tertiary/aromatic N) is 2. The maximum absolute atomic E-state index is 10.7. The Morgan fingerprint density at radius 3 is 2.74 bits per heavy atom. The van der Waals surface area contributed by atoms with Crippen LogP contribution in [-0.4, -0.2) is 84.1 Å². The Balaban J connectivity index is 2.27. The maximum atomic E-state index is 10.7. The van der Waals surface area contributed by atoms with Gasteiger partial charge in [-0.15, -0.1) is 0 Å². The van der Waals surface area contributed by atoms with E-state index in [0.29, 0.717) is 13.1 Å². The van der Waals surface area contributed by atoms with Gasteiger partial charge in [-0.25, -0.2) is 0 Å². The Morgan fingerprint density at radius 1 is 1.47 bits per heavy atom. The third-order valence-corrected chi connectivity index (χ3v) is 3.36. The van der Waals surface area contributed by atoms with Gasteiger partial charge in [-0.3, -0.25) is 14.6 Å². The van der Waals surface area contributed by atoms with E-state index in [1.54, 1.807) is 11.9 Å². The Morgan fingerprint density at radius 2 is 2.16 bits per heavy atom. The number of aliphatic carboxylic acids is 1. The van der Waals surface area contributed by atoms with Gasteiger partial charge in [-0.2, -0.15) is 0 Å². The van der Waals surface area contributed by atoms with Gasteiger partial charge in [-0.05, 0) is 27.3 Å². The van der Waals surface area contributed by atoms with E-state index in [4.69, 9.17) is 9.84 Å². The Kier molecular flexibility index (Phi) is 6.71. The molecule has 0 saturated carbocycles. The number of aliphatic hydroxyl groups excluding tert-OH is 1. The van der Waals surface area contributed by atoms with Crippen molar-refractivity contribution < 1.29 is 19.7 Å². The summed E-state index contributed by atoms with van der Waals surface area (Å²) in [5.41, 5.74) is 0. The van der Waals surface area contributed by atoms with E-state index < -0.39 is 12.1 Å². The van der Waals surface area contributed by atoms with Gasteiger partial charge in [0.15, 0.2) is 0 Å². The zero-order valence-corrected chi connectivity index (χ0v) is 12.1. The molecule has 19 heavy (non-hydrogen) atoms. The summed E-state index contributed by atoms with van der Waals surface area (Å²) >= 11 is 0. The van der Waals surface area contributed by atoms with Crippen molar-refractivity contribution in [2.75, 3.05) is 39.8 Å². The molecule has 1 heterocycles. The SMILES string of the molecule is CC(C)OCCCN1CC(N(C)CC(=O)O)[C@H](O)C1. The standard InChI is InChI=1S/C13H26N2O4/c1-10(2)19-6-4-5-15-7-11(12(16)8-15)14(3)9-13(17)18/h10-12,16H,4-9H2,1-3H3,(H,17,18)/t11?,12-/m1/s1. The van der Waals surface area contributed by atoms with Crippen LogP contribution in [0.5, 0.6) is 0 Å². The first-order valence-electron chi connectivity index (χ1n) is 6.84. The number of ether oxygens (including phenoxy) is 1. The third-order valence-electron chi connectivity index (χ3n) is 3.36. The van der Waals surface area contributed by atoms with Gasteiger partial charge >= 0.3 is 5.97 Å². The minimum Gasteiger partial charge on any atom is -0.480 e. The molecule has 0 aromatic carbocycles. The summed E-state index contributed by atoms with van der Waals surface area (Å²) in [6.07, 6.45) is 0.703. The summed E-state index contributed by atoms with van der Waals surface area (Å²) in [7, 11) is 1.74. The summed E-state index contributed by atoms with van der Waals surface area (Å²) < 4.78 is 5.48. The normalized spacial score (nSPS) is 24.5. The quantitative estimate of drug-likeness (QED) is 0.600. The van der Waals surface area contributed by atoms with E-state index in [0.717, 1.165) is 19.6 Å². The van der Waals surface area contributed by atoms with Gasteiger partial charge in [0.1, 0.15) is 0 Å². The zero-order valence-electron chi connectivity index (χ0n) is 12.1. The average molecular weight is 274 g/mol. The molecule has 112 valence electrons. The van der Waals surface area contributed by atoms with E-state index in [9.17, 15) is 9.90 Å². The van der Waals surface area contributed by atoms with E-state index in [-0.39, 0.29) is 18.7 Å².